The fourth-order valence-corrected chi connectivity index (χ4v) is 1.68. The molecule has 98 valence electrons. The Morgan fingerprint density at radius 1 is 1.11 bits per heavy atom. The van der Waals surface area contributed by atoms with Gasteiger partial charge in [0.05, 0.1) is 0 Å². The summed E-state index contributed by atoms with van der Waals surface area (Å²) in [5.41, 5.74) is 1.52. The van der Waals surface area contributed by atoms with Crippen LogP contribution in [0.5, 0.6) is 11.5 Å². The van der Waals surface area contributed by atoms with Crippen LogP contribution in [0.3, 0.4) is 0 Å². The Hall–Kier alpha value is -2.44. The van der Waals surface area contributed by atoms with Gasteiger partial charge in [0.2, 0.25) is 0 Å². The zero-order valence-corrected chi connectivity index (χ0v) is 9.64. The van der Waals surface area contributed by atoms with E-state index in [-0.39, 0.29) is 11.5 Å². The predicted molar refractivity (Wildman–Crippen MR) is 62.0 cm³/mol. The molecule has 3 rings (SSSR count). The molecule has 1 N–H and O–H groups in total. The van der Waals surface area contributed by atoms with E-state index in [0.29, 0.717) is 12.2 Å². The Bertz CT molecular complexity index is 593. The lowest BCUT2D eigenvalue weighted by Gasteiger charge is -2.06. The fourth-order valence-electron chi connectivity index (χ4n) is 1.68. The molecule has 5 nitrogen and oxygen atoms in total. The number of nitrogens with one attached hydrogen (secondary N) is 1. The van der Waals surface area contributed by atoms with Crippen LogP contribution in [0.2, 0.25) is 0 Å². The molecule has 0 bridgehead atoms. The first-order valence-corrected chi connectivity index (χ1v) is 5.50. The van der Waals surface area contributed by atoms with Gasteiger partial charge in [0, 0.05) is 36.3 Å². The molecule has 19 heavy (non-hydrogen) atoms. The molecule has 2 heterocycles. The second-order valence-corrected chi connectivity index (χ2v) is 3.93. The maximum atomic E-state index is 12.8. The number of fused-ring (bicyclic) bond motifs is 1. The smallest absolute Gasteiger partial charge is 0.395 e. The van der Waals surface area contributed by atoms with Crippen LogP contribution in [0.25, 0.3) is 0 Å². The first-order chi connectivity index (χ1) is 9.12. The normalized spacial score (nSPS) is 15.3. The molecule has 0 saturated carbocycles. The molecular weight excluding hydrogens is 256 g/mol. The molecule has 7 heteroatoms. The van der Waals surface area contributed by atoms with Gasteiger partial charge in [-0.2, -0.15) is 0 Å². The molecule has 0 radical (unpaired) electrons. The topological polar surface area (TPSA) is 56.3 Å². The molecule has 1 aromatic carbocycles. The number of nitrogens with zero attached hydrogens (tertiary/aromatic N) is 2. The van der Waals surface area contributed by atoms with E-state index in [1.54, 1.807) is 18.5 Å². The summed E-state index contributed by atoms with van der Waals surface area (Å²) in [6, 6.07) is 4.52. The van der Waals surface area contributed by atoms with Crippen molar-refractivity contribution in [3.05, 3.63) is 42.5 Å². The van der Waals surface area contributed by atoms with E-state index in [2.05, 4.69) is 24.8 Å². The lowest BCUT2D eigenvalue weighted by atomic mass is 10.2. The van der Waals surface area contributed by atoms with Gasteiger partial charge in [-0.25, -0.2) is 9.97 Å². The molecule has 1 aliphatic rings. The van der Waals surface area contributed by atoms with Crippen LogP contribution >= 0.6 is 0 Å². The van der Waals surface area contributed by atoms with Crippen LogP contribution < -0.4 is 14.8 Å². The third-order valence-corrected chi connectivity index (χ3v) is 2.51. The Morgan fingerprint density at radius 2 is 1.84 bits per heavy atom. The van der Waals surface area contributed by atoms with Crippen molar-refractivity contribution in [3.8, 4) is 11.5 Å². The van der Waals surface area contributed by atoms with E-state index >= 15 is 0 Å². The number of rotatable bonds is 3. The number of alkyl halides is 2. The summed E-state index contributed by atoms with van der Waals surface area (Å²) >= 11 is 0. The zero-order chi connectivity index (χ0) is 13.3. The minimum atomic E-state index is -3.59. The molecule has 0 saturated heterocycles. The number of anilines is 1. The average Bonchev–Trinajstić information content (AvgIpc) is 2.70. The summed E-state index contributed by atoms with van der Waals surface area (Å²) in [6.45, 7) is 0.483. The molecule has 0 unspecified atom stereocenters. The molecular formula is C12H9F2N3O2. The summed E-state index contributed by atoms with van der Waals surface area (Å²) in [5, 5.41) is 3.06. The first kappa shape index (κ1) is 11.6. The summed E-state index contributed by atoms with van der Waals surface area (Å²) in [6.07, 6.45) is 1.18. The second-order valence-electron chi connectivity index (χ2n) is 3.93. The van der Waals surface area contributed by atoms with Gasteiger partial charge in [0.1, 0.15) is 6.33 Å². The maximum absolute atomic E-state index is 12.8. The van der Waals surface area contributed by atoms with Crippen molar-refractivity contribution in [2.24, 2.45) is 0 Å². The molecule has 0 aliphatic carbocycles. The van der Waals surface area contributed by atoms with Crippen LogP contribution in [0.4, 0.5) is 14.5 Å². The fraction of sp³-hybridized carbons (Fsp3) is 0.167. The third kappa shape index (κ3) is 2.54. The molecule has 0 fully saturated rings. The van der Waals surface area contributed by atoms with E-state index in [1.807, 2.05) is 0 Å². The maximum Gasteiger partial charge on any atom is 0.586 e. The predicted octanol–water partition coefficient (Wildman–Crippen LogP) is 2.41. The Morgan fingerprint density at radius 3 is 2.63 bits per heavy atom. The van der Waals surface area contributed by atoms with Crippen LogP contribution in [0, 0.1) is 0 Å². The standard InChI is InChI=1S/C12H9F2N3O2/c13-12(14)18-10-2-1-9(3-11(10)19-12)17-6-8-4-15-7-16-5-8/h1-5,7,17H,6H2. The first-order valence-electron chi connectivity index (χ1n) is 5.50. The highest BCUT2D eigenvalue weighted by Crippen LogP contribution is 2.42. The highest BCUT2D eigenvalue weighted by atomic mass is 19.3. The van der Waals surface area contributed by atoms with Gasteiger partial charge in [0.15, 0.2) is 11.5 Å². The van der Waals surface area contributed by atoms with Crippen molar-refractivity contribution in [2.45, 2.75) is 12.8 Å². The number of benzene rings is 1. The molecule has 0 atom stereocenters. The monoisotopic (exact) mass is 265 g/mol. The zero-order valence-electron chi connectivity index (χ0n) is 9.64. The minimum absolute atomic E-state index is 0.0133. The van der Waals surface area contributed by atoms with Gasteiger partial charge in [0.25, 0.3) is 0 Å². The molecule has 1 aromatic heterocycles. The van der Waals surface area contributed by atoms with Crippen molar-refractivity contribution in [1.82, 2.24) is 9.97 Å². The SMILES string of the molecule is FC1(F)Oc2ccc(NCc3cncnc3)cc2O1. The highest BCUT2D eigenvalue weighted by Gasteiger charge is 2.43. The lowest BCUT2D eigenvalue weighted by Crippen LogP contribution is -2.25. The summed E-state index contributed by atoms with van der Waals surface area (Å²) in [4.78, 5) is 7.76. The third-order valence-electron chi connectivity index (χ3n) is 2.51. The van der Waals surface area contributed by atoms with Gasteiger partial charge >= 0.3 is 6.29 Å². The van der Waals surface area contributed by atoms with Crippen LogP contribution in [-0.4, -0.2) is 16.3 Å². The van der Waals surface area contributed by atoms with Gasteiger partial charge in [-0.15, -0.1) is 8.78 Å². The highest BCUT2D eigenvalue weighted by molar-refractivity contribution is 5.56. The molecule has 1 aliphatic heterocycles. The van der Waals surface area contributed by atoms with E-state index in [1.165, 1.54) is 18.5 Å². The number of hydrogen-bond acceptors (Lipinski definition) is 5. The van der Waals surface area contributed by atoms with Crippen molar-refractivity contribution in [2.75, 3.05) is 5.32 Å². The number of aromatic nitrogens is 2. The van der Waals surface area contributed by atoms with Gasteiger partial charge in [-0.1, -0.05) is 0 Å². The van der Waals surface area contributed by atoms with Crippen molar-refractivity contribution < 1.29 is 18.3 Å². The number of halogens is 2. The Balaban J connectivity index is 1.71. The molecule has 2 aromatic rings. The van der Waals surface area contributed by atoms with Crippen molar-refractivity contribution >= 4 is 5.69 Å². The van der Waals surface area contributed by atoms with Crippen LogP contribution in [-0.2, 0) is 6.54 Å². The summed E-state index contributed by atoms with van der Waals surface area (Å²) in [7, 11) is 0. The second kappa shape index (κ2) is 4.34. The van der Waals surface area contributed by atoms with Gasteiger partial charge in [-0.05, 0) is 12.1 Å². The van der Waals surface area contributed by atoms with Crippen molar-refractivity contribution in [3.63, 3.8) is 0 Å². The van der Waals surface area contributed by atoms with E-state index in [9.17, 15) is 8.78 Å². The van der Waals surface area contributed by atoms with E-state index in [4.69, 9.17) is 0 Å². The lowest BCUT2D eigenvalue weighted by molar-refractivity contribution is -0.286. The largest absolute Gasteiger partial charge is 0.586 e. The van der Waals surface area contributed by atoms with E-state index < -0.39 is 6.29 Å². The molecule has 0 amide bonds. The Kier molecular flexibility index (Phi) is 2.66. The van der Waals surface area contributed by atoms with E-state index in [0.717, 1.165) is 5.56 Å². The van der Waals surface area contributed by atoms with Crippen LogP contribution in [0.1, 0.15) is 5.56 Å². The average molecular weight is 265 g/mol. The van der Waals surface area contributed by atoms with Crippen LogP contribution in [0.15, 0.2) is 36.9 Å². The quantitative estimate of drug-likeness (QED) is 0.923. The van der Waals surface area contributed by atoms with Gasteiger partial charge < -0.3 is 14.8 Å². The number of hydrogen-bond donors (Lipinski definition) is 1. The van der Waals surface area contributed by atoms with Crippen molar-refractivity contribution in [1.29, 1.82) is 0 Å². The minimum Gasteiger partial charge on any atom is -0.395 e. The summed E-state index contributed by atoms with van der Waals surface area (Å²) < 4.78 is 34.4. The van der Waals surface area contributed by atoms with Gasteiger partial charge in [-0.3, -0.25) is 0 Å². The molecule has 0 spiro atoms. The Labute approximate surface area is 107 Å². The summed E-state index contributed by atoms with van der Waals surface area (Å²) in [5.74, 6) is 0.0397. The number of ether oxygens (including phenoxy) is 2.